The minimum Gasteiger partial charge on any atom is -0.396 e. The highest BCUT2D eigenvalue weighted by molar-refractivity contribution is 5.44. The zero-order valence-corrected chi connectivity index (χ0v) is 11.1. The SMILES string of the molecule is Nc1cc(Cc2n[nH]c(=O)c3c2CCCC3)ccc1F. The van der Waals surface area contributed by atoms with Crippen LogP contribution in [0.1, 0.15) is 35.2 Å². The molecule has 0 bridgehead atoms. The van der Waals surface area contributed by atoms with Crippen LogP contribution in [0.2, 0.25) is 0 Å². The summed E-state index contributed by atoms with van der Waals surface area (Å²) in [5, 5.41) is 6.73. The van der Waals surface area contributed by atoms with Crippen LogP contribution in [-0.4, -0.2) is 10.2 Å². The molecule has 4 nitrogen and oxygen atoms in total. The van der Waals surface area contributed by atoms with Crippen LogP contribution in [0.15, 0.2) is 23.0 Å². The first kappa shape index (κ1) is 12.8. The molecule has 0 unspecified atom stereocenters. The molecule has 0 atom stereocenters. The Morgan fingerprint density at radius 2 is 2.00 bits per heavy atom. The van der Waals surface area contributed by atoms with Gasteiger partial charge in [-0.2, -0.15) is 5.10 Å². The summed E-state index contributed by atoms with van der Waals surface area (Å²) in [5.74, 6) is -0.412. The summed E-state index contributed by atoms with van der Waals surface area (Å²) in [6, 6.07) is 4.69. The maximum Gasteiger partial charge on any atom is 0.267 e. The van der Waals surface area contributed by atoms with E-state index in [0.29, 0.717) is 6.42 Å². The molecule has 20 heavy (non-hydrogen) atoms. The summed E-state index contributed by atoms with van der Waals surface area (Å²) in [7, 11) is 0. The van der Waals surface area contributed by atoms with Crippen molar-refractivity contribution in [3.63, 3.8) is 0 Å². The van der Waals surface area contributed by atoms with E-state index in [1.807, 2.05) is 0 Å². The number of hydrogen-bond acceptors (Lipinski definition) is 3. The Kier molecular flexibility index (Phi) is 3.26. The number of halogens is 1. The number of anilines is 1. The van der Waals surface area contributed by atoms with E-state index < -0.39 is 5.82 Å². The topological polar surface area (TPSA) is 71.8 Å². The third-order valence-corrected chi connectivity index (χ3v) is 3.81. The van der Waals surface area contributed by atoms with Crippen LogP contribution >= 0.6 is 0 Å². The van der Waals surface area contributed by atoms with Crippen molar-refractivity contribution in [3.8, 4) is 0 Å². The number of nitrogens with one attached hydrogen (secondary N) is 1. The van der Waals surface area contributed by atoms with Crippen molar-refractivity contribution >= 4 is 5.69 Å². The molecule has 0 amide bonds. The van der Waals surface area contributed by atoms with Crippen molar-refractivity contribution in [1.82, 2.24) is 10.2 Å². The largest absolute Gasteiger partial charge is 0.396 e. The van der Waals surface area contributed by atoms with Gasteiger partial charge in [0.15, 0.2) is 0 Å². The molecule has 0 aliphatic heterocycles. The standard InChI is InChI=1S/C15H16FN3O/c16-12-6-5-9(7-13(12)17)8-14-10-3-1-2-4-11(10)15(20)19-18-14/h5-7H,1-4,8,17H2,(H,19,20). The molecule has 2 aromatic rings. The van der Waals surface area contributed by atoms with E-state index in [2.05, 4.69) is 10.2 Å². The van der Waals surface area contributed by atoms with Gasteiger partial charge in [-0.15, -0.1) is 0 Å². The van der Waals surface area contributed by atoms with Gasteiger partial charge >= 0.3 is 0 Å². The predicted octanol–water partition coefficient (Wildman–Crippen LogP) is 1.96. The van der Waals surface area contributed by atoms with Crippen molar-refractivity contribution in [2.75, 3.05) is 5.73 Å². The van der Waals surface area contributed by atoms with Crippen LogP contribution in [0, 0.1) is 5.82 Å². The van der Waals surface area contributed by atoms with Crippen LogP contribution in [-0.2, 0) is 19.3 Å². The molecule has 0 saturated heterocycles. The number of nitrogen functional groups attached to an aromatic ring is 1. The van der Waals surface area contributed by atoms with E-state index in [0.717, 1.165) is 48.1 Å². The number of hydrogen-bond donors (Lipinski definition) is 2. The Morgan fingerprint density at radius 1 is 1.25 bits per heavy atom. The van der Waals surface area contributed by atoms with Crippen molar-refractivity contribution < 1.29 is 4.39 Å². The molecule has 1 aromatic heterocycles. The molecule has 1 aliphatic rings. The van der Waals surface area contributed by atoms with Gasteiger partial charge in [0.2, 0.25) is 0 Å². The van der Waals surface area contributed by atoms with Crippen molar-refractivity contribution in [2.24, 2.45) is 0 Å². The maximum atomic E-state index is 13.2. The van der Waals surface area contributed by atoms with E-state index in [4.69, 9.17) is 5.73 Å². The first-order valence-corrected chi connectivity index (χ1v) is 6.78. The Morgan fingerprint density at radius 3 is 2.75 bits per heavy atom. The minimum atomic E-state index is -0.412. The van der Waals surface area contributed by atoms with Gasteiger partial charge in [-0.05, 0) is 48.9 Å². The van der Waals surface area contributed by atoms with E-state index in [1.165, 1.54) is 6.07 Å². The molecule has 3 N–H and O–H groups in total. The maximum absolute atomic E-state index is 13.2. The molecular formula is C15H16FN3O. The average molecular weight is 273 g/mol. The van der Waals surface area contributed by atoms with E-state index in [1.54, 1.807) is 12.1 Å². The Labute approximate surface area is 115 Å². The average Bonchev–Trinajstić information content (AvgIpc) is 2.46. The normalized spacial score (nSPS) is 14.1. The molecule has 1 aromatic carbocycles. The Bertz CT molecular complexity index is 709. The fraction of sp³-hybridized carbons (Fsp3) is 0.333. The summed E-state index contributed by atoms with van der Waals surface area (Å²) in [5.41, 5.74) is 9.32. The van der Waals surface area contributed by atoms with Crippen molar-refractivity contribution in [2.45, 2.75) is 32.1 Å². The first-order chi connectivity index (χ1) is 9.65. The van der Waals surface area contributed by atoms with E-state index in [9.17, 15) is 9.18 Å². The van der Waals surface area contributed by atoms with E-state index in [-0.39, 0.29) is 11.2 Å². The zero-order chi connectivity index (χ0) is 14.1. The van der Waals surface area contributed by atoms with Crippen LogP contribution in [0.3, 0.4) is 0 Å². The lowest BCUT2D eigenvalue weighted by Gasteiger charge is -2.17. The molecule has 0 radical (unpaired) electrons. The summed E-state index contributed by atoms with van der Waals surface area (Å²) in [6.07, 6.45) is 4.38. The van der Waals surface area contributed by atoms with Gasteiger partial charge < -0.3 is 5.73 Å². The van der Waals surface area contributed by atoms with Gasteiger partial charge in [0.05, 0.1) is 11.4 Å². The van der Waals surface area contributed by atoms with Crippen molar-refractivity contribution in [1.29, 1.82) is 0 Å². The van der Waals surface area contributed by atoms with Gasteiger partial charge in [-0.1, -0.05) is 6.07 Å². The smallest absolute Gasteiger partial charge is 0.267 e. The summed E-state index contributed by atoms with van der Waals surface area (Å²) in [6.45, 7) is 0. The van der Waals surface area contributed by atoms with Crippen LogP contribution in [0.5, 0.6) is 0 Å². The minimum absolute atomic E-state index is 0.0814. The monoisotopic (exact) mass is 273 g/mol. The Hall–Kier alpha value is -2.17. The molecular weight excluding hydrogens is 257 g/mol. The number of H-pyrrole nitrogens is 1. The fourth-order valence-electron chi connectivity index (χ4n) is 2.77. The van der Waals surface area contributed by atoms with Gasteiger partial charge in [0.25, 0.3) is 5.56 Å². The lowest BCUT2D eigenvalue weighted by molar-refractivity contribution is 0.631. The van der Waals surface area contributed by atoms with E-state index >= 15 is 0 Å². The number of nitrogens with zero attached hydrogens (tertiary/aromatic N) is 1. The Balaban J connectivity index is 1.98. The molecule has 0 spiro atoms. The predicted molar refractivity (Wildman–Crippen MR) is 75.1 cm³/mol. The van der Waals surface area contributed by atoms with Crippen LogP contribution in [0.25, 0.3) is 0 Å². The number of nitrogens with two attached hydrogens (primary N) is 1. The second kappa shape index (κ2) is 5.07. The lowest BCUT2D eigenvalue weighted by atomic mass is 9.90. The van der Waals surface area contributed by atoms with Gasteiger partial charge in [-0.25, -0.2) is 9.49 Å². The summed E-state index contributed by atoms with van der Waals surface area (Å²) >= 11 is 0. The highest BCUT2D eigenvalue weighted by Crippen LogP contribution is 2.23. The van der Waals surface area contributed by atoms with Crippen LogP contribution in [0.4, 0.5) is 10.1 Å². The zero-order valence-electron chi connectivity index (χ0n) is 11.1. The fourth-order valence-corrected chi connectivity index (χ4v) is 2.77. The summed E-state index contributed by atoms with van der Waals surface area (Å²) in [4.78, 5) is 11.8. The van der Waals surface area contributed by atoms with Crippen LogP contribution < -0.4 is 11.3 Å². The number of aromatic nitrogens is 2. The third kappa shape index (κ3) is 2.31. The second-order valence-electron chi connectivity index (χ2n) is 5.20. The number of rotatable bonds is 2. The molecule has 1 aliphatic carbocycles. The number of benzene rings is 1. The molecule has 0 fully saturated rings. The quantitative estimate of drug-likeness (QED) is 0.822. The van der Waals surface area contributed by atoms with Gasteiger partial charge in [-0.3, -0.25) is 4.79 Å². The lowest BCUT2D eigenvalue weighted by Crippen LogP contribution is -2.23. The highest BCUT2D eigenvalue weighted by atomic mass is 19.1. The third-order valence-electron chi connectivity index (χ3n) is 3.81. The highest BCUT2D eigenvalue weighted by Gasteiger charge is 2.18. The summed E-state index contributed by atoms with van der Waals surface area (Å²) < 4.78 is 13.2. The molecule has 5 heteroatoms. The number of fused-ring (bicyclic) bond motifs is 1. The van der Waals surface area contributed by atoms with Gasteiger partial charge in [0, 0.05) is 12.0 Å². The molecule has 104 valence electrons. The van der Waals surface area contributed by atoms with Gasteiger partial charge in [0.1, 0.15) is 5.82 Å². The second-order valence-corrected chi connectivity index (χ2v) is 5.20. The first-order valence-electron chi connectivity index (χ1n) is 6.78. The molecule has 0 saturated carbocycles. The van der Waals surface area contributed by atoms with Crippen molar-refractivity contribution in [3.05, 3.63) is 56.8 Å². The molecule has 3 rings (SSSR count). The molecule has 1 heterocycles. The number of aromatic amines is 1.